The number of thiocarbonyl (C=S) groups is 1. The zero-order valence-corrected chi connectivity index (χ0v) is 16.3. The molecule has 0 atom stereocenters. The van der Waals surface area contributed by atoms with Gasteiger partial charge in [0.2, 0.25) is 0 Å². The number of nitrogens with one attached hydrogen (secondary N) is 1. The van der Waals surface area contributed by atoms with Gasteiger partial charge >= 0.3 is 0 Å². The molecule has 2 rings (SSSR count). The van der Waals surface area contributed by atoms with Crippen LogP contribution in [0, 0.1) is 11.3 Å². The summed E-state index contributed by atoms with van der Waals surface area (Å²) in [5.74, 6) is 0. The van der Waals surface area contributed by atoms with Crippen molar-refractivity contribution in [1.82, 2.24) is 4.98 Å². The maximum absolute atomic E-state index is 8.96. The number of nitrogens with zero attached hydrogens (tertiary/aromatic N) is 3. The molecule has 1 heterocycles. The van der Waals surface area contributed by atoms with Gasteiger partial charge in [0, 0.05) is 56.5 Å². The number of rotatable bonds is 6. The second-order valence-electron chi connectivity index (χ2n) is 6.23. The van der Waals surface area contributed by atoms with E-state index in [1.807, 2.05) is 52.5 Å². The lowest BCUT2D eigenvalue weighted by Crippen LogP contribution is -2.12. The lowest BCUT2D eigenvalue weighted by molar-refractivity contribution is 1.11. The smallest absolute Gasteiger partial charge is 0.114 e. The normalized spacial score (nSPS) is 11.4. The van der Waals surface area contributed by atoms with E-state index in [9.17, 15) is 0 Å². The van der Waals surface area contributed by atoms with E-state index >= 15 is 0 Å². The maximum Gasteiger partial charge on any atom is 0.114 e. The number of aromatic nitrogens is 1. The Bertz CT molecular complexity index is 897. The SMILES string of the molecule is CN(C)c1ccc(N(C)C)c(-c2ccc(/C=C/C=C(/C#N)C(N)=S)[nH]2)c1. The molecule has 26 heavy (non-hydrogen) atoms. The molecule has 1 aromatic heterocycles. The molecule has 0 aliphatic heterocycles. The first-order chi connectivity index (χ1) is 12.3. The summed E-state index contributed by atoms with van der Waals surface area (Å²) in [7, 11) is 8.11. The highest BCUT2D eigenvalue weighted by Crippen LogP contribution is 2.33. The second kappa shape index (κ2) is 8.37. The van der Waals surface area contributed by atoms with Crippen LogP contribution in [0.4, 0.5) is 11.4 Å². The molecule has 0 saturated carbocycles. The highest BCUT2D eigenvalue weighted by molar-refractivity contribution is 7.80. The molecule has 0 aliphatic rings. The highest BCUT2D eigenvalue weighted by Gasteiger charge is 2.10. The molecule has 0 aliphatic carbocycles. The van der Waals surface area contributed by atoms with Crippen molar-refractivity contribution in [2.24, 2.45) is 5.73 Å². The molecule has 1 aromatic carbocycles. The summed E-state index contributed by atoms with van der Waals surface area (Å²) in [5.41, 5.74) is 11.1. The number of benzene rings is 1. The van der Waals surface area contributed by atoms with Gasteiger partial charge in [-0.2, -0.15) is 5.26 Å². The lowest BCUT2D eigenvalue weighted by atomic mass is 10.1. The largest absolute Gasteiger partial charge is 0.389 e. The van der Waals surface area contributed by atoms with Crippen LogP contribution in [0.15, 0.2) is 48.1 Å². The van der Waals surface area contributed by atoms with Crippen molar-refractivity contribution in [3.8, 4) is 17.3 Å². The zero-order valence-electron chi connectivity index (χ0n) is 15.4. The van der Waals surface area contributed by atoms with Crippen molar-refractivity contribution in [1.29, 1.82) is 5.26 Å². The van der Waals surface area contributed by atoms with Crippen molar-refractivity contribution >= 4 is 34.7 Å². The van der Waals surface area contributed by atoms with Gasteiger partial charge in [-0.1, -0.05) is 18.3 Å². The average molecular weight is 366 g/mol. The Morgan fingerprint density at radius 2 is 1.88 bits per heavy atom. The molecule has 2 aromatic rings. The summed E-state index contributed by atoms with van der Waals surface area (Å²) in [4.78, 5) is 7.67. The Labute approximate surface area is 160 Å². The molecular weight excluding hydrogens is 342 g/mol. The van der Waals surface area contributed by atoms with E-state index < -0.39 is 0 Å². The van der Waals surface area contributed by atoms with Crippen LogP contribution in [-0.2, 0) is 0 Å². The quantitative estimate of drug-likeness (QED) is 0.354. The number of hydrogen-bond donors (Lipinski definition) is 2. The number of nitrogens with two attached hydrogens (primary N) is 1. The fourth-order valence-corrected chi connectivity index (χ4v) is 2.61. The minimum absolute atomic E-state index is 0.0976. The van der Waals surface area contributed by atoms with Gasteiger partial charge in [0.15, 0.2) is 0 Å². The summed E-state index contributed by atoms with van der Waals surface area (Å²) in [6.07, 6.45) is 5.25. The number of nitriles is 1. The van der Waals surface area contributed by atoms with E-state index in [2.05, 4.69) is 33.0 Å². The standard InChI is InChI=1S/C20H23N5S/c1-24(2)16-9-11-19(25(3)4)17(12-16)18-10-8-15(23-18)7-5-6-14(13-21)20(22)26/h5-12,23H,1-4H3,(H2,22,26)/b7-5+,14-6-. The first kappa shape index (κ1) is 19.3. The van der Waals surface area contributed by atoms with Crippen LogP contribution < -0.4 is 15.5 Å². The number of hydrogen-bond acceptors (Lipinski definition) is 4. The third-order valence-corrected chi connectivity index (χ3v) is 4.12. The Morgan fingerprint density at radius 1 is 1.15 bits per heavy atom. The summed E-state index contributed by atoms with van der Waals surface area (Å²) < 4.78 is 0. The van der Waals surface area contributed by atoms with Gasteiger partial charge < -0.3 is 20.5 Å². The first-order valence-corrected chi connectivity index (χ1v) is 8.50. The van der Waals surface area contributed by atoms with Crippen LogP contribution in [0.25, 0.3) is 17.3 Å². The third-order valence-electron chi connectivity index (χ3n) is 3.90. The topological polar surface area (TPSA) is 72.1 Å². The number of allylic oxidation sites excluding steroid dienone is 2. The molecule has 0 radical (unpaired) electrons. The molecule has 134 valence electrons. The van der Waals surface area contributed by atoms with Crippen LogP contribution in [0.3, 0.4) is 0 Å². The highest BCUT2D eigenvalue weighted by atomic mass is 32.1. The molecule has 0 amide bonds. The summed E-state index contributed by atoms with van der Waals surface area (Å²) in [5, 5.41) is 8.96. The van der Waals surface area contributed by atoms with Crippen molar-refractivity contribution in [3.63, 3.8) is 0 Å². The van der Waals surface area contributed by atoms with Gasteiger partial charge in [-0.25, -0.2) is 0 Å². The molecule has 0 bridgehead atoms. The predicted octanol–water partition coefficient (Wildman–Crippen LogP) is 3.56. The molecule has 5 nitrogen and oxygen atoms in total. The van der Waals surface area contributed by atoms with E-state index in [1.54, 1.807) is 12.2 Å². The maximum atomic E-state index is 8.96. The van der Waals surface area contributed by atoms with Crippen molar-refractivity contribution in [2.45, 2.75) is 0 Å². The van der Waals surface area contributed by atoms with E-state index in [-0.39, 0.29) is 10.6 Å². The van der Waals surface area contributed by atoms with Crippen molar-refractivity contribution in [2.75, 3.05) is 38.0 Å². The number of H-pyrrole nitrogens is 1. The van der Waals surface area contributed by atoms with Gasteiger partial charge in [-0.15, -0.1) is 0 Å². The van der Waals surface area contributed by atoms with Gasteiger partial charge in [0.25, 0.3) is 0 Å². The van der Waals surface area contributed by atoms with Crippen molar-refractivity contribution < 1.29 is 0 Å². The van der Waals surface area contributed by atoms with Gasteiger partial charge in [0.1, 0.15) is 11.1 Å². The molecule has 0 saturated heterocycles. The van der Waals surface area contributed by atoms with Crippen LogP contribution in [0.2, 0.25) is 0 Å². The van der Waals surface area contributed by atoms with Crippen LogP contribution in [0.5, 0.6) is 0 Å². The monoisotopic (exact) mass is 365 g/mol. The number of anilines is 2. The molecule has 6 heteroatoms. The van der Waals surface area contributed by atoms with Crippen LogP contribution >= 0.6 is 12.2 Å². The van der Waals surface area contributed by atoms with Gasteiger partial charge in [-0.3, -0.25) is 0 Å². The Kier molecular flexibility index (Phi) is 6.21. The molecule has 0 unspecified atom stereocenters. The fraction of sp³-hybridized carbons (Fsp3) is 0.200. The molecule has 0 fully saturated rings. The van der Waals surface area contributed by atoms with E-state index in [4.69, 9.17) is 23.2 Å². The summed E-state index contributed by atoms with van der Waals surface area (Å²) >= 11 is 4.82. The molecule has 0 spiro atoms. The minimum atomic E-state index is 0.0976. The predicted molar refractivity (Wildman–Crippen MR) is 114 cm³/mol. The Hall–Kier alpha value is -3.04. The van der Waals surface area contributed by atoms with Crippen LogP contribution in [-0.4, -0.2) is 38.2 Å². The van der Waals surface area contributed by atoms with Gasteiger partial charge in [0.05, 0.1) is 5.57 Å². The fourth-order valence-electron chi connectivity index (χ4n) is 2.50. The average Bonchev–Trinajstić information content (AvgIpc) is 3.06. The summed E-state index contributed by atoms with van der Waals surface area (Å²) in [6.45, 7) is 0. The lowest BCUT2D eigenvalue weighted by Gasteiger charge is -2.20. The molecular formula is C20H23N5S. The van der Waals surface area contributed by atoms with Crippen molar-refractivity contribution in [3.05, 3.63) is 53.8 Å². The van der Waals surface area contributed by atoms with E-state index in [0.29, 0.717) is 0 Å². The third kappa shape index (κ3) is 4.52. The zero-order chi connectivity index (χ0) is 19.3. The minimum Gasteiger partial charge on any atom is -0.389 e. The van der Waals surface area contributed by atoms with E-state index in [0.717, 1.165) is 28.3 Å². The molecule has 3 N–H and O–H groups in total. The van der Waals surface area contributed by atoms with Gasteiger partial charge in [-0.05, 0) is 42.5 Å². The van der Waals surface area contributed by atoms with E-state index in [1.165, 1.54) is 0 Å². The second-order valence-corrected chi connectivity index (χ2v) is 6.67. The number of aromatic amines is 1. The first-order valence-electron chi connectivity index (χ1n) is 8.10. The Morgan fingerprint density at radius 3 is 2.46 bits per heavy atom. The Balaban J connectivity index is 2.36. The van der Waals surface area contributed by atoms with Crippen LogP contribution in [0.1, 0.15) is 5.69 Å². The summed E-state index contributed by atoms with van der Waals surface area (Å²) in [6, 6.07) is 12.4.